The summed E-state index contributed by atoms with van der Waals surface area (Å²) in [6, 6.07) is 5.85. The first-order valence-electron chi connectivity index (χ1n) is 6.06. The van der Waals surface area contributed by atoms with Crippen molar-refractivity contribution < 1.29 is 19.0 Å². The standard InChI is InChI=1S/C14H18O4/c1-16-5-6-18-13-4-3-10(9-14(13)17-2)11-7-12(15)8-11/h3-4,9,11H,5-8H2,1-2H3. The van der Waals surface area contributed by atoms with Crippen LogP contribution in [0.5, 0.6) is 11.5 Å². The molecule has 0 radical (unpaired) electrons. The number of methoxy groups -OCH3 is 2. The van der Waals surface area contributed by atoms with Gasteiger partial charge in [0.15, 0.2) is 11.5 Å². The molecule has 0 aliphatic heterocycles. The molecule has 1 aromatic rings. The summed E-state index contributed by atoms with van der Waals surface area (Å²) >= 11 is 0. The van der Waals surface area contributed by atoms with Crippen LogP contribution in [-0.2, 0) is 9.53 Å². The maximum absolute atomic E-state index is 11.0. The number of ether oxygens (including phenoxy) is 3. The van der Waals surface area contributed by atoms with E-state index in [-0.39, 0.29) is 0 Å². The van der Waals surface area contributed by atoms with Crippen molar-refractivity contribution in [2.24, 2.45) is 0 Å². The number of hydrogen-bond donors (Lipinski definition) is 0. The lowest BCUT2D eigenvalue weighted by Gasteiger charge is -2.25. The SMILES string of the molecule is COCCOc1ccc(C2CC(=O)C2)cc1OC. The van der Waals surface area contributed by atoms with Gasteiger partial charge in [-0.1, -0.05) is 6.07 Å². The lowest BCUT2D eigenvalue weighted by Crippen LogP contribution is -2.21. The van der Waals surface area contributed by atoms with Gasteiger partial charge < -0.3 is 14.2 Å². The lowest BCUT2D eigenvalue weighted by atomic mass is 9.79. The second-order valence-electron chi connectivity index (χ2n) is 4.40. The van der Waals surface area contributed by atoms with Gasteiger partial charge in [-0.3, -0.25) is 4.79 Å². The predicted molar refractivity (Wildman–Crippen MR) is 67.3 cm³/mol. The zero-order valence-electron chi connectivity index (χ0n) is 10.8. The van der Waals surface area contributed by atoms with Gasteiger partial charge in [0.1, 0.15) is 12.4 Å². The molecule has 1 saturated carbocycles. The van der Waals surface area contributed by atoms with Gasteiger partial charge >= 0.3 is 0 Å². The van der Waals surface area contributed by atoms with Crippen molar-refractivity contribution in [2.45, 2.75) is 18.8 Å². The van der Waals surface area contributed by atoms with E-state index < -0.39 is 0 Å². The number of rotatable bonds is 6. The molecule has 1 aliphatic rings. The number of ketones is 1. The molecule has 0 spiro atoms. The molecule has 1 fully saturated rings. The third-order valence-electron chi connectivity index (χ3n) is 3.15. The maximum Gasteiger partial charge on any atom is 0.161 e. The molecule has 0 N–H and O–H groups in total. The fourth-order valence-corrected chi connectivity index (χ4v) is 2.02. The molecule has 0 saturated heterocycles. The first-order valence-corrected chi connectivity index (χ1v) is 6.06. The number of hydrogen-bond acceptors (Lipinski definition) is 4. The summed E-state index contributed by atoms with van der Waals surface area (Å²) in [6.07, 6.45) is 1.29. The second-order valence-corrected chi connectivity index (χ2v) is 4.40. The Morgan fingerprint density at radius 2 is 1.94 bits per heavy atom. The van der Waals surface area contributed by atoms with Crippen LogP contribution >= 0.6 is 0 Å². The van der Waals surface area contributed by atoms with E-state index in [1.807, 2.05) is 18.2 Å². The Hall–Kier alpha value is -1.55. The van der Waals surface area contributed by atoms with Crippen molar-refractivity contribution in [2.75, 3.05) is 27.4 Å². The molecular weight excluding hydrogens is 232 g/mol. The van der Waals surface area contributed by atoms with Crippen molar-refractivity contribution in [3.05, 3.63) is 23.8 Å². The van der Waals surface area contributed by atoms with Crippen molar-refractivity contribution in [1.29, 1.82) is 0 Å². The summed E-state index contributed by atoms with van der Waals surface area (Å²) in [6.45, 7) is 1.04. The molecule has 1 aliphatic carbocycles. The van der Waals surface area contributed by atoms with Gasteiger partial charge in [0.25, 0.3) is 0 Å². The molecule has 18 heavy (non-hydrogen) atoms. The summed E-state index contributed by atoms with van der Waals surface area (Å²) in [4.78, 5) is 11.0. The predicted octanol–water partition coefficient (Wildman–Crippen LogP) is 2.17. The highest BCUT2D eigenvalue weighted by Gasteiger charge is 2.28. The molecular formula is C14H18O4. The van der Waals surface area contributed by atoms with Crippen LogP contribution in [-0.4, -0.2) is 33.2 Å². The minimum Gasteiger partial charge on any atom is -0.493 e. The Balaban J connectivity index is 2.05. The van der Waals surface area contributed by atoms with Crippen LogP contribution in [0.4, 0.5) is 0 Å². The summed E-state index contributed by atoms with van der Waals surface area (Å²) < 4.78 is 15.8. The third kappa shape index (κ3) is 2.82. The van der Waals surface area contributed by atoms with Gasteiger partial charge in [-0.2, -0.15) is 0 Å². The molecule has 4 heteroatoms. The van der Waals surface area contributed by atoms with Gasteiger partial charge in [0.05, 0.1) is 13.7 Å². The Morgan fingerprint density at radius 1 is 1.17 bits per heavy atom. The van der Waals surface area contributed by atoms with Gasteiger partial charge in [-0.05, 0) is 23.6 Å². The minimum absolute atomic E-state index is 0.333. The van der Waals surface area contributed by atoms with Crippen molar-refractivity contribution in [1.82, 2.24) is 0 Å². The Labute approximate surface area is 107 Å². The van der Waals surface area contributed by atoms with E-state index in [4.69, 9.17) is 14.2 Å². The summed E-state index contributed by atoms with van der Waals surface area (Å²) in [5.74, 6) is 2.10. The second kappa shape index (κ2) is 5.87. The molecule has 1 aromatic carbocycles. The quantitative estimate of drug-likeness (QED) is 0.726. The summed E-state index contributed by atoms with van der Waals surface area (Å²) in [7, 11) is 3.26. The van der Waals surface area contributed by atoms with Crippen LogP contribution in [0.3, 0.4) is 0 Å². The van der Waals surface area contributed by atoms with E-state index >= 15 is 0 Å². The van der Waals surface area contributed by atoms with Crippen LogP contribution in [0, 0.1) is 0 Å². The van der Waals surface area contributed by atoms with Crippen LogP contribution in [0.2, 0.25) is 0 Å². The maximum atomic E-state index is 11.0. The van der Waals surface area contributed by atoms with Crippen LogP contribution < -0.4 is 9.47 Å². The van der Waals surface area contributed by atoms with E-state index in [2.05, 4.69) is 0 Å². The largest absolute Gasteiger partial charge is 0.493 e. The van der Waals surface area contributed by atoms with Crippen LogP contribution in [0.1, 0.15) is 24.3 Å². The fraction of sp³-hybridized carbons (Fsp3) is 0.500. The molecule has 4 nitrogen and oxygen atoms in total. The lowest BCUT2D eigenvalue weighted by molar-refractivity contribution is -0.124. The fourth-order valence-electron chi connectivity index (χ4n) is 2.02. The average molecular weight is 250 g/mol. The normalized spacial score (nSPS) is 15.3. The molecule has 98 valence electrons. The zero-order chi connectivity index (χ0) is 13.0. The molecule has 0 unspecified atom stereocenters. The number of carbonyl (C=O) groups excluding carboxylic acids is 1. The molecule has 0 heterocycles. The number of Topliss-reactive ketones (excluding diaryl/α,β-unsaturated/α-hetero) is 1. The van der Waals surface area contributed by atoms with E-state index in [1.165, 1.54) is 0 Å². The van der Waals surface area contributed by atoms with Crippen molar-refractivity contribution in [3.63, 3.8) is 0 Å². The third-order valence-corrected chi connectivity index (χ3v) is 3.15. The first kappa shape index (κ1) is 12.9. The minimum atomic E-state index is 0.333. The average Bonchev–Trinajstić information content (AvgIpc) is 2.36. The summed E-state index contributed by atoms with van der Waals surface area (Å²) in [5, 5.41) is 0. The van der Waals surface area contributed by atoms with Gasteiger partial charge in [-0.15, -0.1) is 0 Å². The van der Waals surface area contributed by atoms with Crippen LogP contribution in [0.25, 0.3) is 0 Å². The highest BCUT2D eigenvalue weighted by molar-refractivity contribution is 5.86. The van der Waals surface area contributed by atoms with Crippen molar-refractivity contribution >= 4 is 5.78 Å². The number of carbonyl (C=O) groups is 1. The smallest absolute Gasteiger partial charge is 0.161 e. The van der Waals surface area contributed by atoms with Crippen LogP contribution in [0.15, 0.2) is 18.2 Å². The van der Waals surface area contributed by atoms with Gasteiger partial charge in [0, 0.05) is 20.0 Å². The zero-order valence-corrected chi connectivity index (χ0v) is 10.8. The molecule has 0 amide bonds. The van der Waals surface area contributed by atoms with Gasteiger partial charge in [-0.25, -0.2) is 0 Å². The molecule has 0 aromatic heterocycles. The topological polar surface area (TPSA) is 44.8 Å². The molecule has 0 bridgehead atoms. The molecule has 2 rings (SSSR count). The Morgan fingerprint density at radius 3 is 2.56 bits per heavy atom. The van der Waals surface area contributed by atoms with Crippen molar-refractivity contribution in [3.8, 4) is 11.5 Å². The highest BCUT2D eigenvalue weighted by Crippen LogP contribution is 2.38. The number of benzene rings is 1. The molecule has 0 atom stereocenters. The van der Waals surface area contributed by atoms with Gasteiger partial charge in [0.2, 0.25) is 0 Å². The summed E-state index contributed by atoms with van der Waals surface area (Å²) in [5.41, 5.74) is 1.14. The monoisotopic (exact) mass is 250 g/mol. The van der Waals surface area contributed by atoms with E-state index in [0.29, 0.717) is 49.3 Å². The highest BCUT2D eigenvalue weighted by atomic mass is 16.5. The van der Waals surface area contributed by atoms with E-state index in [0.717, 1.165) is 5.56 Å². The van der Waals surface area contributed by atoms with E-state index in [9.17, 15) is 4.79 Å². The van der Waals surface area contributed by atoms with E-state index in [1.54, 1.807) is 14.2 Å². The Kier molecular flexibility index (Phi) is 4.20. The Bertz CT molecular complexity index is 420. The first-order chi connectivity index (χ1) is 8.74.